The van der Waals surface area contributed by atoms with Crippen LogP contribution in [0.25, 0.3) is 22.0 Å². The molecule has 1 aromatic heterocycles. The van der Waals surface area contributed by atoms with E-state index in [1.807, 2.05) is 24.3 Å². The number of hydrogen-bond donors (Lipinski definition) is 1. The zero-order chi connectivity index (χ0) is 14.2. The van der Waals surface area contributed by atoms with Crippen LogP contribution >= 0.6 is 11.6 Å². The lowest BCUT2D eigenvalue weighted by atomic mass is 10.0. The third-order valence-corrected chi connectivity index (χ3v) is 3.86. The predicted octanol–water partition coefficient (Wildman–Crippen LogP) is 4.52. The van der Waals surface area contributed by atoms with Gasteiger partial charge in [0.2, 0.25) is 5.28 Å². The molecule has 2 aromatic carbocycles. The fourth-order valence-electron chi connectivity index (χ4n) is 2.44. The number of halogens is 1. The van der Waals surface area contributed by atoms with Gasteiger partial charge in [0.1, 0.15) is 5.82 Å². The second-order valence-electron chi connectivity index (χ2n) is 5.36. The predicted molar refractivity (Wildman–Crippen MR) is 86.6 cm³/mol. The van der Waals surface area contributed by atoms with Crippen LogP contribution in [0.3, 0.4) is 0 Å². The van der Waals surface area contributed by atoms with Crippen LogP contribution in [0.5, 0.6) is 0 Å². The molecule has 4 rings (SSSR count). The summed E-state index contributed by atoms with van der Waals surface area (Å²) in [6.07, 6.45) is 2.39. The Labute approximate surface area is 128 Å². The van der Waals surface area contributed by atoms with Crippen LogP contribution in [0.2, 0.25) is 5.28 Å². The van der Waals surface area contributed by atoms with Crippen LogP contribution in [0, 0.1) is 0 Å². The third kappa shape index (κ3) is 2.57. The lowest BCUT2D eigenvalue weighted by Crippen LogP contribution is -2.04. The summed E-state index contributed by atoms with van der Waals surface area (Å²) >= 11 is 6.02. The third-order valence-electron chi connectivity index (χ3n) is 3.69. The number of rotatable bonds is 3. The number of aromatic nitrogens is 2. The molecule has 4 heteroatoms. The highest BCUT2D eigenvalue weighted by atomic mass is 35.5. The van der Waals surface area contributed by atoms with Crippen LogP contribution in [0.15, 0.2) is 48.5 Å². The molecule has 0 aliphatic heterocycles. The Kier molecular flexibility index (Phi) is 3.00. The quantitative estimate of drug-likeness (QED) is 0.722. The molecule has 3 aromatic rings. The maximum atomic E-state index is 6.02. The van der Waals surface area contributed by atoms with Crippen molar-refractivity contribution in [2.24, 2.45) is 0 Å². The summed E-state index contributed by atoms with van der Waals surface area (Å²) in [7, 11) is 0. The zero-order valence-corrected chi connectivity index (χ0v) is 12.1. The van der Waals surface area contributed by atoms with E-state index in [0.29, 0.717) is 6.04 Å². The van der Waals surface area contributed by atoms with E-state index in [9.17, 15) is 0 Å². The van der Waals surface area contributed by atoms with Crippen molar-refractivity contribution in [2.75, 3.05) is 5.32 Å². The molecule has 0 radical (unpaired) electrons. The molecule has 1 aliphatic carbocycles. The van der Waals surface area contributed by atoms with Crippen LogP contribution in [0.1, 0.15) is 12.8 Å². The van der Waals surface area contributed by atoms with Gasteiger partial charge < -0.3 is 5.32 Å². The average molecular weight is 296 g/mol. The Bertz CT molecular complexity index is 798. The molecule has 0 spiro atoms. The molecule has 0 amide bonds. The van der Waals surface area contributed by atoms with Crippen molar-refractivity contribution in [3.8, 4) is 11.1 Å². The smallest absolute Gasteiger partial charge is 0.224 e. The van der Waals surface area contributed by atoms with E-state index in [1.165, 1.54) is 18.4 Å². The average Bonchev–Trinajstić information content (AvgIpc) is 3.32. The highest BCUT2D eigenvalue weighted by Crippen LogP contribution is 2.31. The first kappa shape index (κ1) is 12.6. The monoisotopic (exact) mass is 295 g/mol. The van der Waals surface area contributed by atoms with Gasteiger partial charge in [-0.25, -0.2) is 9.97 Å². The van der Waals surface area contributed by atoms with Gasteiger partial charge in [0, 0.05) is 11.4 Å². The van der Waals surface area contributed by atoms with Crippen molar-refractivity contribution in [3.05, 3.63) is 53.8 Å². The maximum absolute atomic E-state index is 6.02. The minimum absolute atomic E-state index is 0.290. The molecular weight excluding hydrogens is 282 g/mol. The first-order valence-electron chi connectivity index (χ1n) is 7.09. The topological polar surface area (TPSA) is 37.8 Å². The first-order chi connectivity index (χ1) is 10.3. The highest BCUT2D eigenvalue weighted by molar-refractivity contribution is 6.28. The molecule has 21 heavy (non-hydrogen) atoms. The number of nitrogens with one attached hydrogen (secondary N) is 1. The van der Waals surface area contributed by atoms with Gasteiger partial charge in [-0.2, -0.15) is 0 Å². The van der Waals surface area contributed by atoms with E-state index >= 15 is 0 Å². The number of hydrogen-bond acceptors (Lipinski definition) is 3. The van der Waals surface area contributed by atoms with Crippen molar-refractivity contribution in [2.45, 2.75) is 18.9 Å². The van der Waals surface area contributed by atoms with E-state index in [-0.39, 0.29) is 5.28 Å². The molecular formula is C17H14ClN3. The summed E-state index contributed by atoms with van der Waals surface area (Å²) in [6.45, 7) is 0. The second kappa shape index (κ2) is 5.01. The summed E-state index contributed by atoms with van der Waals surface area (Å²) in [5.74, 6) is 0.838. The molecule has 3 nitrogen and oxygen atoms in total. The number of fused-ring (bicyclic) bond motifs is 1. The maximum Gasteiger partial charge on any atom is 0.224 e. The SMILES string of the molecule is Clc1nc(NC2CC2)c2cc(-c3ccccc3)ccc2n1. The number of benzene rings is 2. The van der Waals surface area contributed by atoms with Gasteiger partial charge in [-0.05, 0) is 47.7 Å². The normalized spacial score (nSPS) is 14.3. The van der Waals surface area contributed by atoms with Crippen LogP contribution in [0.4, 0.5) is 5.82 Å². The van der Waals surface area contributed by atoms with E-state index in [1.54, 1.807) is 0 Å². The highest BCUT2D eigenvalue weighted by Gasteiger charge is 2.22. The van der Waals surface area contributed by atoms with Crippen LogP contribution in [-0.2, 0) is 0 Å². The molecule has 1 N–H and O–H groups in total. The van der Waals surface area contributed by atoms with Crippen molar-refractivity contribution in [1.82, 2.24) is 9.97 Å². The summed E-state index contributed by atoms with van der Waals surface area (Å²) in [6, 6.07) is 17.0. The van der Waals surface area contributed by atoms with E-state index in [2.05, 4.69) is 39.6 Å². The van der Waals surface area contributed by atoms with E-state index in [0.717, 1.165) is 22.3 Å². The molecule has 1 heterocycles. The van der Waals surface area contributed by atoms with Crippen LogP contribution < -0.4 is 5.32 Å². The summed E-state index contributed by atoms with van der Waals surface area (Å²) in [5.41, 5.74) is 3.22. The van der Waals surface area contributed by atoms with Gasteiger partial charge in [-0.15, -0.1) is 0 Å². The molecule has 1 saturated carbocycles. The minimum atomic E-state index is 0.290. The molecule has 0 atom stereocenters. The molecule has 1 aliphatic rings. The molecule has 104 valence electrons. The number of anilines is 1. The zero-order valence-electron chi connectivity index (χ0n) is 11.4. The minimum Gasteiger partial charge on any atom is -0.367 e. The Hall–Kier alpha value is -2.13. The van der Waals surface area contributed by atoms with Crippen LogP contribution in [-0.4, -0.2) is 16.0 Å². The lowest BCUT2D eigenvalue weighted by Gasteiger charge is -2.10. The Morgan fingerprint density at radius 3 is 2.52 bits per heavy atom. The van der Waals surface area contributed by atoms with Gasteiger partial charge in [-0.1, -0.05) is 36.4 Å². The summed E-state index contributed by atoms with van der Waals surface area (Å²) in [5, 5.41) is 4.75. The Balaban J connectivity index is 1.87. The first-order valence-corrected chi connectivity index (χ1v) is 7.47. The fourth-order valence-corrected chi connectivity index (χ4v) is 2.62. The van der Waals surface area contributed by atoms with Gasteiger partial charge in [0.05, 0.1) is 5.52 Å². The molecule has 0 bridgehead atoms. The van der Waals surface area contributed by atoms with Gasteiger partial charge in [0.25, 0.3) is 0 Å². The van der Waals surface area contributed by atoms with E-state index in [4.69, 9.17) is 11.6 Å². The van der Waals surface area contributed by atoms with Crippen molar-refractivity contribution >= 4 is 28.3 Å². The van der Waals surface area contributed by atoms with Gasteiger partial charge >= 0.3 is 0 Å². The molecule has 0 unspecified atom stereocenters. The van der Waals surface area contributed by atoms with E-state index < -0.39 is 0 Å². The van der Waals surface area contributed by atoms with Crippen molar-refractivity contribution in [3.63, 3.8) is 0 Å². The fraction of sp³-hybridized carbons (Fsp3) is 0.176. The largest absolute Gasteiger partial charge is 0.367 e. The molecule has 1 fully saturated rings. The van der Waals surface area contributed by atoms with Gasteiger partial charge in [-0.3, -0.25) is 0 Å². The summed E-state index contributed by atoms with van der Waals surface area (Å²) < 4.78 is 0. The van der Waals surface area contributed by atoms with Crippen molar-refractivity contribution in [1.29, 1.82) is 0 Å². The standard InChI is InChI=1S/C17H14ClN3/c18-17-20-15-9-6-12(11-4-2-1-3-5-11)10-14(15)16(21-17)19-13-7-8-13/h1-6,9-10,13H,7-8H2,(H,19,20,21). The number of nitrogens with zero attached hydrogens (tertiary/aromatic N) is 2. The second-order valence-corrected chi connectivity index (χ2v) is 5.70. The lowest BCUT2D eigenvalue weighted by molar-refractivity contribution is 1.10. The summed E-state index contributed by atoms with van der Waals surface area (Å²) in [4.78, 5) is 8.67. The Morgan fingerprint density at radius 1 is 0.952 bits per heavy atom. The molecule has 0 saturated heterocycles. The Morgan fingerprint density at radius 2 is 1.76 bits per heavy atom. The van der Waals surface area contributed by atoms with Crippen molar-refractivity contribution < 1.29 is 0 Å². The van der Waals surface area contributed by atoms with Gasteiger partial charge in [0.15, 0.2) is 0 Å².